The van der Waals surface area contributed by atoms with Gasteiger partial charge in [-0.15, -0.1) is 11.6 Å². The Hall–Kier alpha value is -0.0400. The summed E-state index contributed by atoms with van der Waals surface area (Å²) in [5.74, 6) is 2.53. The average Bonchev–Trinajstić information content (AvgIpc) is 2.12. The first-order chi connectivity index (χ1) is 6.61. The first kappa shape index (κ1) is 9.21. The lowest BCUT2D eigenvalue weighted by atomic mass is 9.48. The fourth-order valence-corrected chi connectivity index (χ4v) is 4.78. The minimum Gasteiger partial charge on any atom is -0.299 e. The highest BCUT2D eigenvalue weighted by molar-refractivity contribution is 6.21. The van der Waals surface area contributed by atoms with Crippen LogP contribution in [0.4, 0.5) is 0 Å². The monoisotopic (exact) mass is 212 g/mol. The van der Waals surface area contributed by atoms with Gasteiger partial charge in [-0.05, 0) is 56.8 Å². The molecule has 2 unspecified atom stereocenters. The smallest absolute Gasteiger partial charge is 0.135 e. The molecular formula is C12H17ClO. The molecule has 0 aromatic carbocycles. The quantitative estimate of drug-likeness (QED) is 0.611. The van der Waals surface area contributed by atoms with E-state index in [0.29, 0.717) is 23.0 Å². The van der Waals surface area contributed by atoms with Gasteiger partial charge in [0.05, 0.1) is 0 Å². The zero-order valence-corrected chi connectivity index (χ0v) is 9.39. The molecule has 78 valence electrons. The van der Waals surface area contributed by atoms with Crippen LogP contribution < -0.4 is 0 Å². The molecule has 0 saturated heterocycles. The molecule has 0 amide bonds. The molecule has 4 bridgehead atoms. The van der Waals surface area contributed by atoms with Crippen molar-refractivity contribution in [1.82, 2.24) is 0 Å². The van der Waals surface area contributed by atoms with Crippen LogP contribution in [-0.2, 0) is 4.79 Å². The number of carbonyl (C=O) groups is 1. The third-order valence-electron chi connectivity index (χ3n) is 4.90. The summed E-state index contributed by atoms with van der Waals surface area (Å²) in [6.07, 6.45) is 5.92. The third kappa shape index (κ3) is 1.05. The van der Waals surface area contributed by atoms with Crippen LogP contribution in [0.1, 0.15) is 39.0 Å². The van der Waals surface area contributed by atoms with Crippen LogP contribution in [0, 0.1) is 23.2 Å². The first-order valence-corrected chi connectivity index (χ1v) is 6.19. The van der Waals surface area contributed by atoms with Crippen LogP contribution in [0.3, 0.4) is 0 Å². The van der Waals surface area contributed by atoms with Gasteiger partial charge in [0.2, 0.25) is 0 Å². The fourth-order valence-electron chi connectivity index (χ4n) is 4.39. The summed E-state index contributed by atoms with van der Waals surface area (Å²) in [5.41, 5.74) is 0.0574. The predicted molar refractivity (Wildman–Crippen MR) is 56.3 cm³/mol. The van der Waals surface area contributed by atoms with E-state index in [1.54, 1.807) is 6.92 Å². The molecule has 4 aliphatic carbocycles. The fraction of sp³-hybridized carbons (Fsp3) is 0.917. The van der Waals surface area contributed by atoms with Crippen LogP contribution in [0.15, 0.2) is 0 Å². The second-order valence-electron chi connectivity index (χ2n) is 5.75. The normalized spacial score (nSPS) is 55.0. The Labute approximate surface area is 90.2 Å². The minimum absolute atomic E-state index is 0.0574. The molecular weight excluding hydrogens is 196 g/mol. The van der Waals surface area contributed by atoms with Crippen molar-refractivity contribution < 1.29 is 4.79 Å². The Morgan fingerprint density at radius 1 is 1.21 bits per heavy atom. The Balaban J connectivity index is 1.96. The maximum atomic E-state index is 11.8. The van der Waals surface area contributed by atoms with E-state index in [2.05, 4.69) is 0 Å². The molecule has 2 atom stereocenters. The van der Waals surface area contributed by atoms with Gasteiger partial charge in [0.25, 0.3) is 0 Å². The SMILES string of the molecule is CC(=O)C12CC3CC(C1)C(Cl)C(C3)C2. The Morgan fingerprint density at radius 3 is 2.29 bits per heavy atom. The van der Waals surface area contributed by atoms with E-state index in [-0.39, 0.29) is 5.41 Å². The summed E-state index contributed by atoms with van der Waals surface area (Å²) in [6, 6.07) is 0. The lowest BCUT2D eigenvalue weighted by Gasteiger charge is -2.57. The number of ketones is 1. The molecule has 0 aromatic rings. The molecule has 4 saturated carbocycles. The van der Waals surface area contributed by atoms with E-state index in [1.807, 2.05) is 0 Å². The van der Waals surface area contributed by atoms with Crippen LogP contribution in [0.2, 0.25) is 0 Å². The molecule has 0 spiro atoms. The maximum absolute atomic E-state index is 11.8. The molecule has 2 heteroatoms. The highest BCUT2D eigenvalue weighted by Crippen LogP contribution is 2.61. The van der Waals surface area contributed by atoms with E-state index < -0.39 is 0 Å². The number of alkyl halides is 1. The van der Waals surface area contributed by atoms with Crippen molar-refractivity contribution in [1.29, 1.82) is 0 Å². The largest absolute Gasteiger partial charge is 0.299 e. The Kier molecular flexibility index (Phi) is 1.81. The predicted octanol–water partition coefficient (Wildman–Crippen LogP) is 3.01. The van der Waals surface area contributed by atoms with Crippen molar-refractivity contribution in [2.45, 2.75) is 44.4 Å². The number of halogens is 1. The molecule has 4 fully saturated rings. The highest BCUT2D eigenvalue weighted by Gasteiger charge is 2.56. The summed E-state index contributed by atoms with van der Waals surface area (Å²) in [5, 5.41) is 0.374. The summed E-state index contributed by atoms with van der Waals surface area (Å²) in [4.78, 5) is 11.8. The average molecular weight is 213 g/mol. The zero-order valence-electron chi connectivity index (χ0n) is 8.63. The van der Waals surface area contributed by atoms with E-state index in [1.165, 1.54) is 19.3 Å². The highest BCUT2D eigenvalue weighted by atomic mass is 35.5. The van der Waals surface area contributed by atoms with Crippen molar-refractivity contribution in [3.63, 3.8) is 0 Å². The van der Waals surface area contributed by atoms with Crippen LogP contribution in [0.5, 0.6) is 0 Å². The molecule has 0 aliphatic heterocycles. The zero-order chi connectivity index (χ0) is 9.92. The van der Waals surface area contributed by atoms with Crippen LogP contribution in [-0.4, -0.2) is 11.2 Å². The molecule has 0 aromatic heterocycles. The first-order valence-electron chi connectivity index (χ1n) is 5.76. The van der Waals surface area contributed by atoms with E-state index in [9.17, 15) is 4.79 Å². The van der Waals surface area contributed by atoms with Crippen molar-refractivity contribution in [3.05, 3.63) is 0 Å². The van der Waals surface area contributed by atoms with Crippen LogP contribution in [0.25, 0.3) is 0 Å². The topological polar surface area (TPSA) is 17.1 Å². The van der Waals surface area contributed by atoms with Gasteiger partial charge in [0.1, 0.15) is 5.78 Å². The number of carbonyl (C=O) groups excluding carboxylic acids is 1. The van der Waals surface area contributed by atoms with Crippen molar-refractivity contribution >= 4 is 17.4 Å². The summed E-state index contributed by atoms with van der Waals surface area (Å²) in [6.45, 7) is 1.79. The number of hydrogen-bond acceptors (Lipinski definition) is 1. The molecule has 0 N–H and O–H groups in total. The van der Waals surface area contributed by atoms with Gasteiger partial charge in [-0.3, -0.25) is 4.79 Å². The summed E-state index contributed by atoms with van der Waals surface area (Å²) in [7, 11) is 0. The lowest BCUT2D eigenvalue weighted by Crippen LogP contribution is -2.54. The van der Waals surface area contributed by atoms with Gasteiger partial charge in [0.15, 0.2) is 0 Å². The maximum Gasteiger partial charge on any atom is 0.135 e. The van der Waals surface area contributed by atoms with Gasteiger partial charge >= 0.3 is 0 Å². The van der Waals surface area contributed by atoms with Gasteiger partial charge < -0.3 is 0 Å². The molecule has 4 aliphatic rings. The van der Waals surface area contributed by atoms with Gasteiger partial charge in [-0.1, -0.05) is 0 Å². The molecule has 0 radical (unpaired) electrons. The summed E-state index contributed by atoms with van der Waals surface area (Å²) < 4.78 is 0. The molecule has 14 heavy (non-hydrogen) atoms. The molecule has 4 rings (SSSR count). The standard InChI is InChI=1S/C12H17ClO/c1-7(14)12-4-8-2-9(5-12)11(13)10(3-8)6-12/h8-11H,2-6H2,1H3. The van der Waals surface area contributed by atoms with Gasteiger partial charge in [-0.25, -0.2) is 0 Å². The van der Waals surface area contributed by atoms with E-state index in [4.69, 9.17) is 11.6 Å². The minimum atomic E-state index is 0.0574. The van der Waals surface area contributed by atoms with Crippen molar-refractivity contribution in [2.24, 2.45) is 23.2 Å². The Morgan fingerprint density at radius 2 is 1.79 bits per heavy atom. The van der Waals surface area contributed by atoms with Gasteiger partial charge in [0, 0.05) is 10.8 Å². The van der Waals surface area contributed by atoms with Gasteiger partial charge in [-0.2, -0.15) is 0 Å². The second-order valence-corrected chi connectivity index (χ2v) is 6.25. The number of Topliss-reactive ketones (excluding diaryl/α,β-unsaturated/α-hetero) is 1. The summed E-state index contributed by atoms with van der Waals surface area (Å²) >= 11 is 6.43. The third-order valence-corrected chi connectivity index (χ3v) is 5.62. The van der Waals surface area contributed by atoms with E-state index in [0.717, 1.165) is 18.8 Å². The van der Waals surface area contributed by atoms with Crippen molar-refractivity contribution in [2.75, 3.05) is 0 Å². The lowest BCUT2D eigenvalue weighted by molar-refractivity contribution is -0.140. The number of rotatable bonds is 1. The second kappa shape index (κ2) is 2.75. The van der Waals surface area contributed by atoms with Crippen LogP contribution >= 0.6 is 11.6 Å². The number of hydrogen-bond donors (Lipinski definition) is 0. The molecule has 0 heterocycles. The Bertz CT molecular complexity index is 270. The van der Waals surface area contributed by atoms with E-state index >= 15 is 0 Å². The van der Waals surface area contributed by atoms with Crippen molar-refractivity contribution in [3.8, 4) is 0 Å². The molecule has 1 nitrogen and oxygen atoms in total.